The molecule has 1 aliphatic rings. The molecule has 0 saturated carbocycles. The molecule has 1 saturated heterocycles. The van der Waals surface area contributed by atoms with Gasteiger partial charge < -0.3 is 25.8 Å². The fourth-order valence-electron chi connectivity index (χ4n) is 4.05. The number of amides is 1. The number of aromatic nitrogens is 3. The van der Waals surface area contributed by atoms with E-state index in [2.05, 4.69) is 26.8 Å². The van der Waals surface area contributed by atoms with Crippen molar-refractivity contribution in [3.05, 3.63) is 90.5 Å². The average Bonchev–Trinajstić information content (AvgIpc) is 3.44. The van der Waals surface area contributed by atoms with Crippen LogP contribution in [0.15, 0.2) is 79.8 Å². The first-order chi connectivity index (χ1) is 18.9. The summed E-state index contributed by atoms with van der Waals surface area (Å²) in [5.74, 6) is 0.0257. The molecule has 1 atom stereocenters. The fourth-order valence-corrected chi connectivity index (χ4v) is 4.28. The third kappa shape index (κ3) is 6.99. The molecule has 200 valence electrons. The van der Waals surface area contributed by atoms with Crippen molar-refractivity contribution in [3.8, 4) is 5.75 Å². The van der Waals surface area contributed by atoms with Gasteiger partial charge in [0.1, 0.15) is 30.5 Å². The summed E-state index contributed by atoms with van der Waals surface area (Å²) in [5, 5.41) is 13.3. The quantitative estimate of drug-likeness (QED) is 0.219. The van der Waals surface area contributed by atoms with Crippen LogP contribution in [-0.2, 0) is 16.2 Å². The first-order valence-electron chi connectivity index (χ1n) is 12.1. The first-order valence-corrected chi connectivity index (χ1v) is 12.5. The van der Waals surface area contributed by atoms with Crippen LogP contribution in [0, 0.1) is 0 Å². The van der Waals surface area contributed by atoms with E-state index in [4.69, 9.17) is 27.2 Å². The standard InChI is InChI=1S/C20H16ClN5O.C8H11NO3/c21-17-10-14(5-7-19(17)27-11-15-3-1-2-8-23-15)26-20-16-9-13(22)4-6-18(16)24-12-25-20;1-2-7(10)9-5-3-4-6(9)8(11)12/h1-10,12H,11,22H2,(H,24,25,26);2,6H,1,3-5H2,(H,11,12)/t;6-/m.0/s1. The van der Waals surface area contributed by atoms with E-state index in [-0.39, 0.29) is 5.91 Å². The summed E-state index contributed by atoms with van der Waals surface area (Å²) in [5.41, 5.74) is 8.96. The second-order valence-corrected chi connectivity index (χ2v) is 9.02. The van der Waals surface area contributed by atoms with Crippen molar-refractivity contribution in [2.24, 2.45) is 0 Å². The van der Waals surface area contributed by atoms with E-state index in [0.29, 0.717) is 41.8 Å². The van der Waals surface area contributed by atoms with Crippen LogP contribution in [0.1, 0.15) is 18.5 Å². The number of anilines is 3. The Labute approximate surface area is 230 Å². The number of nitrogens with one attached hydrogen (secondary N) is 1. The molecule has 0 aliphatic carbocycles. The van der Waals surface area contributed by atoms with E-state index in [1.165, 1.54) is 11.2 Å². The maximum Gasteiger partial charge on any atom is 0.326 e. The Balaban J connectivity index is 0.000000247. The van der Waals surface area contributed by atoms with Crippen molar-refractivity contribution in [2.75, 3.05) is 17.6 Å². The zero-order chi connectivity index (χ0) is 27.8. The van der Waals surface area contributed by atoms with Crippen LogP contribution in [0.4, 0.5) is 17.2 Å². The zero-order valence-corrected chi connectivity index (χ0v) is 21.7. The number of nitrogens with zero attached hydrogens (tertiary/aromatic N) is 4. The van der Waals surface area contributed by atoms with E-state index in [9.17, 15) is 9.59 Å². The lowest BCUT2D eigenvalue weighted by Gasteiger charge is -2.18. The van der Waals surface area contributed by atoms with Crippen LogP contribution in [-0.4, -0.2) is 49.4 Å². The van der Waals surface area contributed by atoms with E-state index >= 15 is 0 Å². The largest absolute Gasteiger partial charge is 0.486 e. The molecule has 5 rings (SSSR count). The lowest BCUT2D eigenvalue weighted by atomic mass is 10.2. The van der Waals surface area contributed by atoms with Gasteiger partial charge in [-0.3, -0.25) is 9.78 Å². The molecule has 0 radical (unpaired) electrons. The molecule has 39 heavy (non-hydrogen) atoms. The molecule has 1 aliphatic heterocycles. The minimum atomic E-state index is -0.928. The number of benzene rings is 2. The van der Waals surface area contributed by atoms with Crippen LogP contribution in [0.3, 0.4) is 0 Å². The highest BCUT2D eigenvalue weighted by Crippen LogP contribution is 2.31. The molecule has 3 heterocycles. The normalized spacial score (nSPS) is 14.3. The van der Waals surface area contributed by atoms with Crippen molar-refractivity contribution in [3.63, 3.8) is 0 Å². The summed E-state index contributed by atoms with van der Waals surface area (Å²) in [4.78, 5) is 35.8. The second kappa shape index (κ2) is 12.7. The number of ether oxygens (including phenoxy) is 1. The highest BCUT2D eigenvalue weighted by molar-refractivity contribution is 6.32. The lowest BCUT2D eigenvalue weighted by Crippen LogP contribution is -2.39. The van der Waals surface area contributed by atoms with Gasteiger partial charge in [0.15, 0.2) is 0 Å². The number of carboxylic acid groups (broad SMARTS) is 1. The average molecular weight is 547 g/mol. The first kappa shape index (κ1) is 27.3. The molecule has 0 unspecified atom stereocenters. The number of hydrogen-bond acceptors (Lipinski definition) is 8. The van der Waals surface area contributed by atoms with Crippen LogP contribution in [0.2, 0.25) is 5.02 Å². The number of hydrogen-bond donors (Lipinski definition) is 3. The van der Waals surface area contributed by atoms with Crippen molar-refractivity contribution in [1.82, 2.24) is 19.9 Å². The molecular formula is C28H27ClN6O4. The number of carboxylic acids is 1. The number of nitrogen functional groups attached to an aromatic ring is 1. The van der Waals surface area contributed by atoms with Crippen LogP contribution < -0.4 is 15.8 Å². The van der Waals surface area contributed by atoms with Crippen LogP contribution >= 0.6 is 11.6 Å². The number of pyridine rings is 1. The Morgan fingerprint density at radius 2 is 2.03 bits per heavy atom. The summed E-state index contributed by atoms with van der Waals surface area (Å²) in [6.07, 6.45) is 5.70. The van der Waals surface area contributed by atoms with Crippen molar-refractivity contribution in [2.45, 2.75) is 25.5 Å². The molecule has 10 nitrogen and oxygen atoms in total. The van der Waals surface area contributed by atoms with Gasteiger partial charge in [-0.2, -0.15) is 0 Å². The summed E-state index contributed by atoms with van der Waals surface area (Å²) in [7, 11) is 0. The Bertz CT molecular complexity index is 1480. The molecular weight excluding hydrogens is 520 g/mol. The molecule has 1 amide bonds. The molecule has 4 aromatic rings. The highest BCUT2D eigenvalue weighted by Gasteiger charge is 2.32. The minimum Gasteiger partial charge on any atom is -0.486 e. The van der Waals surface area contributed by atoms with E-state index in [0.717, 1.165) is 34.8 Å². The third-order valence-electron chi connectivity index (χ3n) is 5.95. The molecule has 2 aromatic carbocycles. The number of nitrogens with two attached hydrogens (primary N) is 1. The fraction of sp³-hybridized carbons (Fsp3) is 0.179. The molecule has 0 spiro atoms. The van der Waals surface area contributed by atoms with E-state index < -0.39 is 12.0 Å². The van der Waals surface area contributed by atoms with Crippen molar-refractivity contribution >= 4 is 51.6 Å². The Morgan fingerprint density at radius 3 is 2.74 bits per heavy atom. The van der Waals surface area contributed by atoms with Gasteiger partial charge in [-0.05, 0) is 67.4 Å². The lowest BCUT2D eigenvalue weighted by molar-refractivity contribution is -0.146. The second-order valence-electron chi connectivity index (χ2n) is 8.61. The molecule has 4 N–H and O–H groups in total. The van der Waals surface area contributed by atoms with Gasteiger partial charge in [-0.25, -0.2) is 14.8 Å². The third-order valence-corrected chi connectivity index (χ3v) is 6.25. The van der Waals surface area contributed by atoms with Gasteiger partial charge in [0.2, 0.25) is 5.91 Å². The maximum atomic E-state index is 11.1. The number of halogens is 1. The predicted octanol–water partition coefficient (Wildman–Crippen LogP) is 4.83. The minimum absolute atomic E-state index is 0.292. The van der Waals surface area contributed by atoms with Gasteiger partial charge >= 0.3 is 5.97 Å². The number of aliphatic carboxylic acids is 1. The molecule has 2 aromatic heterocycles. The van der Waals surface area contributed by atoms with Gasteiger partial charge in [0.25, 0.3) is 0 Å². The van der Waals surface area contributed by atoms with Crippen LogP contribution in [0.5, 0.6) is 5.75 Å². The highest BCUT2D eigenvalue weighted by atomic mass is 35.5. The topological polar surface area (TPSA) is 144 Å². The van der Waals surface area contributed by atoms with Crippen molar-refractivity contribution in [1.29, 1.82) is 0 Å². The monoisotopic (exact) mass is 546 g/mol. The predicted molar refractivity (Wildman–Crippen MR) is 150 cm³/mol. The Hall–Kier alpha value is -4.70. The SMILES string of the molecule is C=CC(=O)N1CCC[C@H]1C(=O)O.Nc1ccc2ncnc(Nc3ccc(OCc4ccccn4)c(Cl)c3)c2c1. The summed E-state index contributed by atoms with van der Waals surface area (Å²) in [6, 6.07) is 16.0. The molecule has 0 bridgehead atoms. The van der Waals surface area contributed by atoms with Gasteiger partial charge in [-0.1, -0.05) is 24.2 Å². The molecule has 11 heteroatoms. The van der Waals surface area contributed by atoms with E-state index in [1.54, 1.807) is 12.3 Å². The number of carbonyl (C=O) groups excluding carboxylic acids is 1. The number of carbonyl (C=O) groups is 2. The maximum absolute atomic E-state index is 11.1. The van der Waals surface area contributed by atoms with E-state index in [1.807, 2.05) is 48.5 Å². The Kier molecular flexibility index (Phi) is 8.90. The summed E-state index contributed by atoms with van der Waals surface area (Å²) >= 11 is 6.37. The van der Waals surface area contributed by atoms with Gasteiger partial charge in [0.05, 0.1) is 16.2 Å². The number of fused-ring (bicyclic) bond motifs is 1. The zero-order valence-electron chi connectivity index (χ0n) is 21.0. The van der Waals surface area contributed by atoms with Crippen molar-refractivity contribution < 1.29 is 19.4 Å². The molecule has 1 fully saturated rings. The van der Waals surface area contributed by atoms with Gasteiger partial charge in [-0.15, -0.1) is 0 Å². The smallest absolute Gasteiger partial charge is 0.326 e. The number of likely N-dealkylation sites (tertiary alicyclic amines) is 1. The summed E-state index contributed by atoms with van der Waals surface area (Å²) in [6.45, 7) is 4.19. The Morgan fingerprint density at radius 1 is 1.18 bits per heavy atom. The van der Waals surface area contributed by atoms with Gasteiger partial charge in [0, 0.05) is 29.5 Å². The van der Waals surface area contributed by atoms with Crippen LogP contribution in [0.25, 0.3) is 10.9 Å². The summed E-state index contributed by atoms with van der Waals surface area (Å²) < 4.78 is 5.75. The number of rotatable bonds is 7.